The molecule has 1 N–H and O–H groups in total. The SMILES string of the molecule is O=C(O)C1=C/C=C\C(Br)=C/C=C1. The van der Waals surface area contributed by atoms with Crippen LogP contribution in [0.25, 0.3) is 0 Å². The topological polar surface area (TPSA) is 37.3 Å². The van der Waals surface area contributed by atoms with Crippen LogP contribution >= 0.6 is 15.9 Å². The molecule has 0 aliphatic heterocycles. The number of hydrogen-bond acceptors (Lipinski definition) is 1. The summed E-state index contributed by atoms with van der Waals surface area (Å²) in [7, 11) is 0. The Morgan fingerprint density at radius 1 is 1.25 bits per heavy atom. The van der Waals surface area contributed by atoms with Crippen molar-refractivity contribution in [2.75, 3.05) is 0 Å². The molecule has 12 heavy (non-hydrogen) atoms. The number of halogens is 1. The molecule has 62 valence electrons. The lowest BCUT2D eigenvalue weighted by molar-refractivity contribution is -0.132. The first kappa shape index (κ1) is 9.00. The smallest absolute Gasteiger partial charge is 0.335 e. The van der Waals surface area contributed by atoms with Crippen LogP contribution < -0.4 is 0 Å². The lowest BCUT2D eigenvalue weighted by Gasteiger charge is -1.94. The molecule has 0 bridgehead atoms. The van der Waals surface area contributed by atoms with Crippen molar-refractivity contribution < 1.29 is 9.90 Å². The van der Waals surface area contributed by atoms with Crippen LogP contribution in [-0.4, -0.2) is 11.1 Å². The summed E-state index contributed by atoms with van der Waals surface area (Å²) in [6.45, 7) is 0. The van der Waals surface area contributed by atoms with Crippen molar-refractivity contribution in [3.63, 3.8) is 0 Å². The molecule has 1 aliphatic rings. The van der Waals surface area contributed by atoms with Gasteiger partial charge >= 0.3 is 5.97 Å². The number of carboxylic acid groups (broad SMARTS) is 1. The molecule has 0 saturated carbocycles. The fourth-order valence-corrected chi connectivity index (χ4v) is 1.05. The van der Waals surface area contributed by atoms with Gasteiger partial charge in [0.1, 0.15) is 0 Å². The molecular formula is C9H7BrO2. The molecule has 0 radical (unpaired) electrons. The molecule has 0 heterocycles. The molecule has 3 heteroatoms. The third kappa shape index (κ3) is 2.51. The number of aliphatic carboxylic acids is 1. The van der Waals surface area contributed by atoms with Crippen LogP contribution in [0.2, 0.25) is 0 Å². The second-order valence-electron chi connectivity index (χ2n) is 2.20. The minimum Gasteiger partial charge on any atom is -0.478 e. The van der Waals surface area contributed by atoms with Gasteiger partial charge in [-0.3, -0.25) is 0 Å². The molecule has 0 spiro atoms. The summed E-state index contributed by atoms with van der Waals surface area (Å²) in [5, 5.41) is 8.64. The Hall–Kier alpha value is -1.09. The van der Waals surface area contributed by atoms with E-state index in [2.05, 4.69) is 15.9 Å². The average molecular weight is 227 g/mol. The summed E-state index contributed by atoms with van der Waals surface area (Å²) < 4.78 is 0.916. The molecule has 0 amide bonds. The first-order chi connectivity index (χ1) is 5.70. The van der Waals surface area contributed by atoms with Crippen LogP contribution in [0.15, 0.2) is 46.5 Å². The third-order valence-corrected chi connectivity index (χ3v) is 1.84. The van der Waals surface area contributed by atoms with Gasteiger partial charge in [0.05, 0.1) is 5.57 Å². The van der Waals surface area contributed by atoms with Gasteiger partial charge < -0.3 is 5.11 Å². The standard InChI is InChI=1S/C9H7BrO2/c10-8-5-1-3-7(9(11)12)4-2-6-8/h1-6H,(H,11,12)/b3-1?,4-2?,5-1-,6-2?,7-3?,7-4?,8-5?,8-6+. The van der Waals surface area contributed by atoms with Crippen molar-refractivity contribution in [2.24, 2.45) is 0 Å². The van der Waals surface area contributed by atoms with Gasteiger partial charge in [-0.25, -0.2) is 4.79 Å². The highest BCUT2D eigenvalue weighted by Gasteiger charge is 2.00. The van der Waals surface area contributed by atoms with Gasteiger partial charge in [-0.15, -0.1) is 0 Å². The van der Waals surface area contributed by atoms with Gasteiger partial charge in [-0.2, -0.15) is 0 Å². The Labute approximate surface area is 78.7 Å². The molecule has 1 rings (SSSR count). The Kier molecular flexibility index (Phi) is 3.05. The number of carboxylic acids is 1. The summed E-state index contributed by atoms with van der Waals surface area (Å²) in [5.41, 5.74) is 0.280. The van der Waals surface area contributed by atoms with E-state index >= 15 is 0 Å². The van der Waals surface area contributed by atoms with Crippen molar-refractivity contribution in [3.8, 4) is 0 Å². The van der Waals surface area contributed by atoms with E-state index in [0.717, 1.165) is 4.48 Å². The van der Waals surface area contributed by atoms with Crippen molar-refractivity contribution in [2.45, 2.75) is 0 Å². The van der Waals surface area contributed by atoms with Gasteiger partial charge in [0.25, 0.3) is 0 Å². The van der Waals surface area contributed by atoms with Crippen molar-refractivity contribution in [1.29, 1.82) is 0 Å². The second-order valence-corrected chi connectivity index (χ2v) is 3.11. The van der Waals surface area contributed by atoms with Crippen LogP contribution in [0, 0.1) is 0 Å². The molecule has 0 aromatic heterocycles. The van der Waals surface area contributed by atoms with Crippen molar-refractivity contribution >= 4 is 21.9 Å². The number of carbonyl (C=O) groups is 1. The predicted octanol–water partition coefficient (Wildman–Crippen LogP) is 2.40. The molecule has 0 aromatic rings. The normalized spacial score (nSPS) is 23.1. The Morgan fingerprint density at radius 2 is 1.92 bits per heavy atom. The van der Waals surface area contributed by atoms with Gasteiger partial charge in [0.15, 0.2) is 0 Å². The summed E-state index contributed by atoms with van der Waals surface area (Å²) in [6, 6.07) is 0. The largest absolute Gasteiger partial charge is 0.478 e. The maximum absolute atomic E-state index is 10.5. The number of rotatable bonds is 1. The van der Waals surface area contributed by atoms with Gasteiger partial charge in [0, 0.05) is 4.48 Å². The Morgan fingerprint density at radius 3 is 2.58 bits per heavy atom. The van der Waals surface area contributed by atoms with Gasteiger partial charge in [0.2, 0.25) is 0 Å². The minimum atomic E-state index is -0.915. The van der Waals surface area contributed by atoms with Crippen molar-refractivity contribution in [3.05, 3.63) is 46.5 Å². The molecule has 1 aliphatic carbocycles. The highest BCUT2D eigenvalue weighted by Crippen LogP contribution is 2.10. The molecule has 2 nitrogen and oxygen atoms in total. The fraction of sp³-hybridized carbons (Fsp3) is 0. The molecule has 0 aromatic carbocycles. The summed E-state index contributed by atoms with van der Waals surface area (Å²) >= 11 is 3.28. The zero-order valence-corrected chi connectivity index (χ0v) is 7.78. The Bertz CT molecular complexity index is 308. The lowest BCUT2D eigenvalue weighted by Crippen LogP contribution is -1.96. The lowest BCUT2D eigenvalue weighted by atomic mass is 10.2. The van der Waals surface area contributed by atoms with E-state index in [1.807, 2.05) is 0 Å². The fourth-order valence-electron chi connectivity index (χ4n) is 0.741. The van der Waals surface area contributed by atoms with E-state index in [1.54, 1.807) is 36.5 Å². The summed E-state index contributed by atoms with van der Waals surface area (Å²) in [6.07, 6.45) is 10.0. The molecule has 0 fully saturated rings. The van der Waals surface area contributed by atoms with E-state index < -0.39 is 5.97 Å². The van der Waals surface area contributed by atoms with E-state index in [9.17, 15) is 4.79 Å². The molecular weight excluding hydrogens is 220 g/mol. The monoisotopic (exact) mass is 226 g/mol. The van der Waals surface area contributed by atoms with Crippen LogP contribution in [0.1, 0.15) is 0 Å². The third-order valence-electron chi connectivity index (χ3n) is 1.31. The van der Waals surface area contributed by atoms with Crippen molar-refractivity contribution in [1.82, 2.24) is 0 Å². The predicted molar refractivity (Wildman–Crippen MR) is 51.0 cm³/mol. The number of allylic oxidation sites excluding steroid dienone is 6. The van der Waals surface area contributed by atoms with E-state index in [4.69, 9.17) is 5.11 Å². The maximum Gasteiger partial charge on any atom is 0.335 e. The molecule has 0 saturated heterocycles. The zero-order chi connectivity index (χ0) is 8.97. The summed E-state index contributed by atoms with van der Waals surface area (Å²) in [5.74, 6) is -0.915. The highest BCUT2D eigenvalue weighted by molar-refractivity contribution is 9.11. The molecule has 0 unspecified atom stereocenters. The minimum absolute atomic E-state index is 0.280. The first-order valence-corrected chi connectivity index (χ1v) is 4.15. The first-order valence-electron chi connectivity index (χ1n) is 3.35. The Balaban J connectivity index is 2.91. The summed E-state index contributed by atoms with van der Waals surface area (Å²) in [4.78, 5) is 10.5. The van der Waals surface area contributed by atoms with Crippen LogP contribution in [-0.2, 0) is 4.79 Å². The van der Waals surface area contributed by atoms with E-state index in [-0.39, 0.29) is 5.57 Å². The van der Waals surface area contributed by atoms with E-state index in [0.29, 0.717) is 0 Å². The number of hydrogen-bond donors (Lipinski definition) is 1. The molecule has 0 atom stereocenters. The zero-order valence-electron chi connectivity index (χ0n) is 6.20. The van der Waals surface area contributed by atoms with Crippen LogP contribution in [0.3, 0.4) is 0 Å². The quantitative estimate of drug-likeness (QED) is 0.746. The van der Waals surface area contributed by atoms with Crippen LogP contribution in [0.4, 0.5) is 0 Å². The van der Waals surface area contributed by atoms with E-state index in [1.165, 1.54) is 0 Å². The average Bonchev–Trinajstić information content (AvgIpc) is 1.95. The van der Waals surface area contributed by atoms with Gasteiger partial charge in [-0.1, -0.05) is 28.1 Å². The maximum atomic E-state index is 10.5. The van der Waals surface area contributed by atoms with Crippen LogP contribution in [0.5, 0.6) is 0 Å². The second kappa shape index (κ2) is 4.07. The van der Waals surface area contributed by atoms with Gasteiger partial charge in [-0.05, 0) is 24.3 Å². The highest BCUT2D eigenvalue weighted by atomic mass is 79.9.